The van der Waals surface area contributed by atoms with Crippen LogP contribution >= 0.6 is 23.5 Å². The molecule has 32 heavy (non-hydrogen) atoms. The van der Waals surface area contributed by atoms with Crippen molar-refractivity contribution in [1.82, 2.24) is 24.3 Å². The molecular weight excluding hydrogens is 434 g/mol. The first-order valence-electron chi connectivity index (χ1n) is 10.6. The van der Waals surface area contributed by atoms with Crippen LogP contribution in [0.15, 0.2) is 95.2 Å². The fourth-order valence-electron chi connectivity index (χ4n) is 3.64. The minimum Gasteiger partial charge on any atom is -0.311 e. The Morgan fingerprint density at radius 1 is 0.750 bits per heavy atom. The van der Waals surface area contributed by atoms with Gasteiger partial charge in [0.25, 0.3) is 0 Å². The molecule has 0 unspecified atom stereocenters. The summed E-state index contributed by atoms with van der Waals surface area (Å²) in [5, 5.41) is 11.0. The number of aromatic nitrogens is 5. The van der Waals surface area contributed by atoms with Gasteiger partial charge in [-0.1, -0.05) is 91.1 Å². The van der Waals surface area contributed by atoms with Crippen LogP contribution in [-0.4, -0.2) is 30.1 Å². The third-order valence-electron chi connectivity index (χ3n) is 5.12. The molecule has 0 bridgehead atoms. The van der Waals surface area contributed by atoms with Gasteiger partial charge in [0.05, 0.1) is 17.6 Å². The van der Waals surface area contributed by atoms with Gasteiger partial charge in [-0.25, -0.2) is 4.98 Å². The number of hydrogen-bond donors (Lipinski definition) is 0. The highest BCUT2D eigenvalue weighted by Gasteiger charge is 2.18. The molecule has 2 aromatic heterocycles. The molecule has 0 radical (unpaired) electrons. The Labute approximate surface area is 195 Å². The average molecular weight is 458 g/mol. The van der Waals surface area contributed by atoms with E-state index in [1.807, 2.05) is 30.3 Å². The smallest absolute Gasteiger partial charge is 0.195 e. The van der Waals surface area contributed by atoms with Crippen molar-refractivity contribution in [3.63, 3.8) is 0 Å². The normalized spacial score (nSPS) is 11.3. The van der Waals surface area contributed by atoms with Gasteiger partial charge in [-0.15, -0.1) is 10.2 Å². The molecular formula is C25H23N5S2. The molecule has 5 rings (SSSR count). The summed E-state index contributed by atoms with van der Waals surface area (Å²) >= 11 is 3.46. The van der Waals surface area contributed by atoms with Crippen LogP contribution in [0.5, 0.6) is 0 Å². The average Bonchev–Trinajstić information content (AvgIpc) is 3.40. The number of rotatable bonds is 8. The first-order chi connectivity index (χ1) is 15.8. The Kier molecular flexibility index (Phi) is 6.27. The van der Waals surface area contributed by atoms with Crippen molar-refractivity contribution >= 4 is 34.6 Å². The number of thioether (sulfide) groups is 2. The van der Waals surface area contributed by atoms with Crippen LogP contribution in [0.4, 0.5) is 0 Å². The summed E-state index contributed by atoms with van der Waals surface area (Å²) in [5.74, 6) is 2.71. The third-order valence-corrected chi connectivity index (χ3v) is 6.98. The van der Waals surface area contributed by atoms with Crippen LogP contribution in [0.2, 0.25) is 0 Å². The van der Waals surface area contributed by atoms with E-state index in [9.17, 15) is 0 Å². The van der Waals surface area contributed by atoms with E-state index in [4.69, 9.17) is 4.98 Å². The maximum Gasteiger partial charge on any atom is 0.195 e. The van der Waals surface area contributed by atoms with Gasteiger partial charge in [0.1, 0.15) is 0 Å². The van der Waals surface area contributed by atoms with Crippen molar-refractivity contribution in [2.45, 2.75) is 29.5 Å². The number of hydrogen-bond acceptors (Lipinski definition) is 5. The van der Waals surface area contributed by atoms with E-state index < -0.39 is 0 Å². The molecule has 160 valence electrons. The van der Waals surface area contributed by atoms with Crippen LogP contribution in [0.1, 0.15) is 18.3 Å². The SMILES string of the molecule is CCSc1nnc(Cn2c(SCc3ccccc3)nc3ccccc32)n1-c1ccccc1. The molecule has 0 atom stereocenters. The van der Waals surface area contributed by atoms with Crippen molar-refractivity contribution in [3.05, 3.63) is 96.3 Å². The van der Waals surface area contributed by atoms with Gasteiger partial charge < -0.3 is 4.57 Å². The standard InChI is InChI=1S/C25H23N5S2/c1-2-31-25-28-27-23(30(25)20-13-7-4-8-14-20)17-29-22-16-10-9-15-21(22)26-24(29)32-18-19-11-5-3-6-12-19/h3-16H,2,17-18H2,1H3. The van der Waals surface area contributed by atoms with Gasteiger partial charge in [0.2, 0.25) is 0 Å². The number of imidazole rings is 1. The first kappa shape index (κ1) is 20.8. The van der Waals surface area contributed by atoms with E-state index in [0.29, 0.717) is 6.54 Å². The van der Waals surface area contributed by atoms with Crippen LogP contribution in [0, 0.1) is 0 Å². The molecule has 0 aliphatic rings. The fourth-order valence-corrected chi connectivity index (χ4v) is 5.31. The van der Waals surface area contributed by atoms with Crippen molar-refractivity contribution in [2.24, 2.45) is 0 Å². The maximum atomic E-state index is 4.93. The first-order valence-corrected chi connectivity index (χ1v) is 12.5. The minimum absolute atomic E-state index is 0.601. The fraction of sp³-hybridized carbons (Fsp3) is 0.160. The predicted octanol–water partition coefficient (Wildman–Crippen LogP) is 6.07. The number of benzene rings is 3. The molecule has 0 spiro atoms. The van der Waals surface area contributed by atoms with Crippen molar-refractivity contribution < 1.29 is 0 Å². The lowest BCUT2D eigenvalue weighted by molar-refractivity contribution is 0.675. The Balaban J connectivity index is 1.54. The second-order valence-electron chi connectivity index (χ2n) is 7.25. The molecule has 0 N–H and O–H groups in total. The summed E-state index contributed by atoms with van der Waals surface area (Å²) in [4.78, 5) is 4.93. The maximum absolute atomic E-state index is 4.93. The zero-order chi connectivity index (χ0) is 21.8. The minimum atomic E-state index is 0.601. The lowest BCUT2D eigenvalue weighted by Crippen LogP contribution is -2.09. The highest BCUT2D eigenvalue weighted by molar-refractivity contribution is 7.99. The number of nitrogens with zero attached hydrogens (tertiary/aromatic N) is 5. The lowest BCUT2D eigenvalue weighted by atomic mass is 10.2. The molecule has 2 heterocycles. The van der Waals surface area contributed by atoms with Gasteiger partial charge in [0.15, 0.2) is 16.1 Å². The van der Waals surface area contributed by atoms with Crippen molar-refractivity contribution in [3.8, 4) is 5.69 Å². The highest BCUT2D eigenvalue weighted by atomic mass is 32.2. The summed E-state index contributed by atoms with van der Waals surface area (Å²) in [6, 6.07) is 29.1. The Hall–Kier alpha value is -3.03. The summed E-state index contributed by atoms with van der Waals surface area (Å²) in [6.45, 7) is 2.74. The molecule has 7 heteroatoms. The Bertz CT molecular complexity index is 1310. The van der Waals surface area contributed by atoms with Gasteiger partial charge in [-0.3, -0.25) is 4.57 Å². The van der Waals surface area contributed by atoms with Gasteiger partial charge in [0, 0.05) is 11.4 Å². The monoisotopic (exact) mass is 457 g/mol. The second kappa shape index (κ2) is 9.63. The van der Waals surface area contributed by atoms with E-state index >= 15 is 0 Å². The third kappa shape index (κ3) is 4.31. The summed E-state index contributed by atoms with van der Waals surface area (Å²) in [6.07, 6.45) is 0. The van der Waals surface area contributed by atoms with E-state index in [1.54, 1.807) is 23.5 Å². The molecule has 0 aliphatic carbocycles. The van der Waals surface area contributed by atoms with E-state index in [2.05, 4.69) is 80.9 Å². The topological polar surface area (TPSA) is 48.5 Å². The van der Waals surface area contributed by atoms with E-state index in [-0.39, 0.29) is 0 Å². The Morgan fingerprint density at radius 2 is 1.47 bits per heavy atom. The largest absolute Gasteiger partial charge is 0.311 e. The van der Waals surface area contributed by atoms with E-state index in [0.717, 1.165) is 44.4 Å². The molecule has 3 aromatic carbocycles. The van der Waals surface area contributed by atoms with Crippen molar-refractivity contribution in [1.29, 1.82) is 0 Å². The van der Waals surface area contributed by atoms with Crippen LogP contribution in [0.3, 0.4) is 0 Å². The predicted molar refractivity (Wildman–Crippen MR) is 133 cm³/mol. The van der Waals surface area contributed by atoms with Gasteiger partial charge in [-0.2, -0.15) is 0 Å². The molecule has 0 saturated heterocycles. The van der Waals surface area contributed by atoms with Gasteiger partial charge >= 0.3 is 0 Å². The van der Waals surface area contributed by atoms with Crippen LogP contribution in [0.25, 0.3) is 16.7 Å². The lowest BCUT2D eigenvalue weighted by Gasteiger charge is -2.12. The zero-order valence-corrected chi connectivity index (χ0v) is 19.4. The molecule has 0 fully saturated rings. The molecule has 0 amide bonds. The highest BCUT2D eigenvalue weighted by Crippen LogP contribution is 2.29. The summed E-state index contributed by atoms with van der Waals surface area (Å²) in [5.41, 5.74) is 4.46. The van der Waals surface area contributed by atoms with Crippen molar-refractivity contribution in [2.75, 3.05) is 5.75 Å². The number of fused-ring (bicyclic) bond motifs is 1. The quantitative estimate of drug-likeness (QED) is 0.265. The summed E-state index contributed by atoms with van der Waals surface area (Å²) in [7, 11) is 0. The number of para-hydroxylation sites is 3. The second-order valence-corrected chi connectivity index (χ2v) is 9.42. The van der Waals surface area contributed by atoms with Gasteiger partial charge in [-0.05, 0) is 35.6 Å². The summed E-state index contributed by atoms with van der Waals surface area (Å²) < 4.78 is 4.42. The zero-order valence-electron chi connectivity index (χ0n) is 17.8. The molecule has 5 nitrogen and oxygen atoms in total. The van der Waals surface area contributed by atoms with E-state index in [1.165, 1.54) is 5.56 Å². The molecule has 0 saturated carbocycles. The molecule has 0 aliphatic heterocycles. The van der Waals surface area contributed by atoms with Crippen LogP contribution in [-0.2, 0) is 12.3 Å². The van der Waals surface area contributed by atoms with Crippen LogP contribution < -0.4 is 0 Å². The Morgan fingerprint density at radius 3 is 2.25 bits per heavy atom. The molecule has 5 aromatic rings.